The Morgan fingerprint density at radius 2 is 1.60 bits per heavy atom. The van der Waals surface area contributed by atoms with Crippen molar-refractivity contribution >= 4 is 0 Å². The van der Waals surface area contributed by atoms with Gasteiger partial charge < -0.3 is 10.2 Å². The molecule has 2 aliphatic rings. The maximum absolute atomic E-state index is 9.14. The van der Waals surface area contributed by atoms with E-state index in [1.54, 1.807) is 0 Å². The van der Waals surface area contributed by atoms with E-state index in [1.165, 1.54) is 0 Å². The Labute approximate surface area is 94.0 Å². The molecule has 0 aromatic carbocycles. The molecule has 0 spiro atoms. The first-order chi connectivity index (χ1) is 7.30. The van der Waals surface area contributed by atoms with E-state index in [-0.39, 0.29) is 18.6 Å². The molecule has 2 nitrogen and oxygen atoms in total. The Bertz CT molecular complexity index is 183. The summed E-state index contributed by atoms with van der Waals surface area (Å²) < 4.78 is 0. The second kappa shape index (κ2) is 7.02. The van der Waals surface area contributed by atoms with Crippen molar-refractivity contribution in [3.05, 3.63) is 12.2 Å². The minimum absolute atomic E-state index is 0.134. The summed E-state index contributed by atoms with van der Waals surface area (Å²) in [5.74, 6) is 1.06. The molecule has 1 saturated carbocycles. The fourth-order valence-corrected chi connectivity index (χ4v) is 2.47. The normalized spacial score (nSPS) is 28.9. The van der Waals surface area contributed by atoms with Gasteiger partial charge >= 0.3 is 0 Å². The van der Waals surface area contributed by atoms with Crippen molar-refractivity contribution in [3.8, 4) is 0 Å². The molecule has 2 aliphatic carbocycles. The van der Waals surface area contributed by atoms with Crippen molar-refractivity contribution in [1.29, 1.82) is 0 Å². The van der Waals surface area contributed by atoms with E-state index in [0.717, 1.165) is 12.8 Å². The van der Waals surface area contributed by atoms with Crippen molar-refractivity contribution in [2.24, 2.45) is 17.3 Å². The topological polar surface area (TPSA) is 40.5 Å². The lowest BCUT2D eigenvalue weighted by atomic mass is 9.77. The van der Waals surface area contributed by atoms with Gasteiger partial charge in [0, 0.05) is 5.41 Å². The monoisotopic (exact) mass is 214 g/mol. The molecule has 0 amide bonds. The Kier molecular flexibility index (Phi) is 6.86. The van der Waals surface area contributed by atoms with Gasteiger partial charge in [-0.2, -0.15) is 0 Å². The number of fused-ring (bicyclic) bond motifs is 2. The van der Waals surface area contributed by atoms with Crippen LogP contribution in [0.4, 0.5) is 0 Å². The predicted molar refractivity (Wildman–Crippen MR) is 64.7 cm³/mol. The van der Waals surface area contributed by atoms with E-state index in [2.05, 4.69) is 12.2 Å². The number of aliphatic hydroxyl groups excluding tert-OH is 2. The second-order valence-electron chi connectivity index (χ2n) is 3.87. The SMILES string of the molecule is CC.CC.OCC1(CO)CC2C=CC1C2. The first kappa shape index (κ1) is 14.7. The molecule has 2 bridgehead atoms. The predicted octanol–water partition coefficient (Wildman–Crippen LogP) is 2.61. The number of hydrogen-bond donors (Lipinski definition) is 2. The summed E-state index contributed by atoms with van der Waals surface area (Å²) in [6.07, 6.45) is 6.48. The molecule has 15 heavy (non-hydrogen) atoms. The summed E-state index contributed by atoms with van der Waals surface area (Å²) in [5.41, 5.74) is -0.181. The highest BCUT2D eigenvalue weighted by Crippen LogP contribution is 2.51. The number of rotatable bonds is 2. The first-order valence-corrected chi connectivity index (χ1v) is 6.21. The molecule has 90 valence electrons. The smallest absolute Gasteiger partial charge is 0.0515 e. The summed E-state index contributed by atoms with van der Waals surface area (Å²) in [5, 5.41) is 18.3. The van der Waals surface area contributed by atoms with Crippen LogP contribution in [0.1, 0.15) is 40.5 Å². The van der Waals surface area contributed by atoms with Crippen LogP contribution in [-0.4, -0.2) is 23.4 Å². The summed E-state index contributed by atoms with van der Waals surface area (Å²) in [6, 6.07) is 0. The van der Waals surface area contributed by atoms with E-state index >= 15 is 0 Å². The molecule has 0 aromatic rings. The zero-order valence-electron chi connectivity index (χ0n) is 10.5. The first-order valence-electron chi connectivity index (χ1n) is 6.21. The molecule has 2 N–H and O–H groups in total. The van der Waals surface area contributed by atoms with Gasteiger partial charge in [-0.1, -0.05) is 39.8 Å². The number of allylic oxidation sites excluding steroid dienone is 2. The van der Waals surface area contributed by atoms with Gasteiger partial charge in [0.05, 0.1) is 13.2 Å². The van der Waals surface area contributed by atoms with Crippen molar-refractivity contribution in [1.82, 2.24) is 0 Å². The van der Waals surface area contributed by atoms with Crippen LogP contribution in [0.2, 0.25) is 0 Å². The maximum atomic E-state index is 9.14. The molecule has 0 radical (unpaired) electrons. The van der Waals surface area contributed by atoms with Gasteiger partial charge in [-0.3, -0.25) is 0 Å². The van der Waals surface area contributed by atoms with Crippen LogP contribution >= 0.6 is 0 Å². The van der Waals surface area contributed by atoms with Crippen molar-refractivity contribution in [2.75, 3.05) is 13.2 Å². The highest BCUT2D eigenvalue weighted by atomic mass is 16.3. The third-order valence-electron chi connectivity index (χ3n) is 3.26. The average Bonchev–Trinajstić information content (AvgIpc) is 2.94. The fourth-order valence-electron chi connectivity index (χ4n) is 2.47. The van der Waals surface area contributed by atoms with Crippen LogP contribution in [0.15, 0.2) is 12.2 Å². The molecular formula is C13H26O2. The lowest BCUT2D eigenvalue weighted by Gasteiger charge is -2.31. The van der Waals surface area contributed by atoms with E-state index in [0.29, 0.717) is 11.8 Å². The van der Waals surface area contributed by atoms with Gasteiger partial charge in [-0.05, 0) is 24.7 Å². The van der Waals surface area contributed by atoms with Crippen molar-refractivity contribution < 1.29 is 10.2 Å². The zero-order valence-corrected chi connectivity index (χ0v) is 10.5. The van der Waals surface area contributed by atoms with E-state index in [4.69, 9.17) is 10.2 Å². The highest BCUT2D eigenvalue weighted by Gasteiger charge is 2.47. The lowest BCUT2D eigenvalue weighted by Crippen LogP contribution is -2.33. The Morgan fingerprint density at radius 1 is 1.07 bits per heavy atom. The molecule has 0 aliphatic heterocycles. The molecule has 0 heterocycles. The average molecular weight is 214 g/mol. The van der Waals surface area contributed by atoms with E-state index in [1.807, 2.05) is 27.7 Å². The van der Waals surface area contributed by atoms with Crippen LogP contribution in [-0.2, 0) is 0 Å². The molecule has 0 aromatic heterocycles. The van der Waals surface area contributed by atoms with Gasteiger partial charge in [0.1, 0.15) is 0 Å². The molecular weight excluding hydrogens is 188 g/mol. The summed E-state index contributed by atoms with van der Waals surface area (Å²) >= 11 is 0. The van der Waals surface area contributed by atoms with Crippen LogP contribution in [0.25, 0.3) is 0 Å². The molecule has 2 unspecified atom stereocenters. The maximum Gasteiger partial charge on any atom is 0.0515 e. The molecule has 2 rings (SSSR count). The second-order valence-corrected chi connectivity index (χ2v) is 3.87. The van der Waals surface area contributed by atoms with Crippen LogP contribution in [0, 0.1) is 17.3 Å². The van der Waals surface area contributed by atoms with Crippen LogP contribution < -0.4 is 0 Å². The molecule has 0 saturated heterocycles. The van der Waals surface area contributed by atoms with Gasteiger partial charge in [0.15, 0.2) is 0 Å². The van der Waals surface area contributed by atoms with Crippen molar-refractivity contribution in [2.45, 2.75) is 40.5 Å². The third kappa shape index (κ3) is 2.82. The van der Waals surface area contributed by atoms with Crippen molar-refractivity contribution in [3.63, 3.8) is 0 Å². The summed E-state index contributed by atoms with van der Waals surface area (Å²) in [6.45, 7) is 8.27. The van der Waals surface area contributed by atoms with Crippen LogP contribution in [0.5, 0.6) is 0 Å². The van der Waals surface area contributed by atoms with Gasteiger partial charge in [-0.25, -0.2) is 0 Å². The Balaban J connectivity index is 0.000000442. The fraction of sp³-hybridized carbons (Fsp3) is 0.846. The zero-order chi connectivity index (χ0) is 11.9. The molecule has 1 fully saturated rings. The largest absolute Gasteiger partial charge is 0.396 e. The summed E-state index contributed by atoms with van der Waals surface area (Å²) in [7, 11) is 0. The van der Waals surface area contributed by atoms with E-state index in [9.17, 15) is 0 Å². The van der Waals surface area contributed by atoms with Gasteiger partial charge in [0.25, 0.3) is 0 Å². The highest BCUT2D eigenvalue weighted by molar-refractivity contribution is 5.15. The number of hydrogen-bond acceptors (Lipinski definition) is 2. The quantitative estimate of drug-likeness (QED) is 0.694. The van der Waals surface area contributed by atoms with E-state index < -0.39 is 0 Å². The standard InChI is InChI=1S/C9H14O2.2C2H6/c10-5-9(6-11)4-7-1-2-8(9)3-7;2*1-2/h1-2,7-8,10-11H,3-6H2;2*1-2H3. The molecule has 2 atom stereocenters. The van der Waals surface area contributed by atoms with Gasteiger partial charge in [0.2, 0.25) is 0 Å². The van der Waals surface area contributed by atoms with Gasteiger partial charge in [-0.15, -0.1) is 0 Å². The third-order valence-corrected chi connectivity index (χ3v) is 3.26. The summed E-state index contributed by atoms with van der Waals surface area (Å²) in [4.78, 5) is 0. The minimum atomic E-state index is -0.181. The Hall–Kier alpha value is -0.340. The molecule has 2 heteroatoms. The lowest BCUT2D eigenvalue weighted by molar-refractivity contribution is 0.0335. The number of aliphatic hydroxyl groups is 2. The Morgan fingerprint density at radius 3 is 1.80 bits per heavy atom. The minimum Gasteiger partial charge on any atom is -0.396 e. The van der Waals surface area contributed by atoms with Crippen LogP contribution in [0.3, 0.4) is 0 Å².